The fourth-order valence-electron chi connectivity index (χ4n) is 3.16. The first kappa shape index (κ1) is 18.2. The smallest absolute Gasteiger partial charge is 0.249 e. The van der Waals surface area contributed by atoms with E-state index in [1.165, 1.54) is 0 Å². The van der Waals surface area contributed by atoms with Crippen molar-refractivity contribution in [2.45, 2.75) is 11.8 Å². The van der Waals surface area contributed by atoms with Crippen LogP contribution in [0.2, 0.25) is 0 Å². The Morgan fingerprint density at radius 1 is 1.16 bits per heavy atom. The van der Waals surface area contributed by atoms with Crippen LogP contribution in [0.3, 0.4) is 0 Å². The maximum atomic E-state index is 13.8. The lowest BCUT2D eigenvalue weighted by molar-refractivity contribution is -0.138. The number of piperazine rings is 1. The van der Waals surface area contributed by atoms with Crippen molar-refractivity contribution in [3.63, 3.8) is 0 Å². The molecule has 1 unspecified atom stereocenters. The van der Waals surface area contributed by atoms with Crippen LogP contribution in [0.25, 0.3) is 0 Å². The first-order chi connectivity index (χ1) is 11.8. The average molecular weight is 373 g/mol. The number of carbonyl (C=O) groups excluding carboxylic acids is 1. The molecule has 25 heavy (non-hydrogen) atoms. The molecule has 2 fully saturated rings. The minimum atomic E-state index is -4.27. The Morgan fingerprint density at radius 3 is 2.20 bits per heavy atom. The fraction of sp³-hybridized carbons (Fsp3) is 0.562. The molecule has 138 valence electrons. The van der Waals surface area contributed by atoms with Crippen LogP contribution >= 0.6 is 0 Å². The van der Waals surface area contributed by atoms with Crippen molar-refractivity contribution in [3.05, 3.63) is 29.8 Å². The molecule has 1 amide bonds. The Balaban J connectivity index is 1.68. The molecule has 2 heterocycles. The van der Waals surface area contributed by atoms with Crippen molar-refractivity contribution >= 4 is 15.9 Å². The van der Waals surface area contributed by atoms with E-state index >= 15 is 0 Å². The normalized spacial score (nSPS) is 21.0. The zero-order valence-electron chi connectivity index (χ0n) is 13.9. The summed E-state index contributed by atoms with van der Waals surface area (Å²) >= 11 is 0. The molecule has 2 aliphatic rings. The van der Waals surface area contributed by atoms with Gasteiger partial charge in [0.2, 0.25) is 15.9 Å². The van der Waals surface area contributed by atoms with Gasteiger partial charge in [0.05, 0.1) is 0 Å². The predicted molar refractivity (Wildman–Crippen MR) is 87.2 cm³/mol. The summed E-state index contributed by atoms with van der Waals surface area (Å²) in [5, 5.41) is 3.13. The SMILES string of the molecule is CC(C(=O)N1CCN(S(=O)(=O)c2c(F)cccc2F)CC1)C1CNC1. The average Bonchev–Trinajstić information content (AvgIpc) is 2.52. The Morgan fingerprint density at radius 2 is 1.72 bits per heavy atom. The first-order valence-corrected chi connectivity index (χ1v) is 9.70. The van der Waals surface area contributed by atoms with Crippen molar-refractivity contribution < 1.29 is 22.0 Å². The molecule has 0 spiro atoms. The molecule has 1 atom stereocenters. The Kier molecular flexibility index (Phi) is 5.08. The van der Waals surface area contributed by atoms with Crippen molar-refractivity contribution in [1.29, 1.82) is 0 Å². The summed E-state index contributed by atoms with van der Waals surface area (Å²) in [4.78, 5) is 13.2. The second-order valence-corrected chi connectivity index (χ2v) is 8.36. The van der Waals surface area contributed by atoms with Crippen LogP contribution in [0.15, 0.2) is 23.1 Å². The second kappa shape index (κ2) is 6.97. The van der Waals surface area contributed by atoms with Crippen LogP contribution in [0, 0.1) is 23.5 Å². The highest BCUT2D eigenvalue weighted by molar-refractivity contribution is 7.89. The van der Waals surface area contributed by atoms with Crippen LogP contribution in [0.1, 0.15) is 6.92 Å². The molecular formula is C16H21F2N3O3S. The van der Waals surface area contributed by atoms with Crippen LogP contribution in [-0.4, -0.2) is 62.8 Å². The number of carbonyl (C=O) groups is 1. The molecule has 0 radical (unpaired) electrons. The van der Waals surface area contributed by atoms with Crippen molar-refractivity contribution in [3.8, 4) is 0 Å². The number of amides is 1. The van der Waals surface area contributed by atoms with Crippen LogP contribution in [-0.2, 0) is 14.8 Å². The number of benzene rings is 1. The quantitative estimate of drug-likeness (QED) is 0.842. The highest BCUT2D eigenvalue weighted by Gasteiger charge is 2.36. The standard InChI is InChI=1S/C16H21F2N3O3S/c1-11(12-9-19-10-12)16(22)20-5-7-21(8-6-20)25(23,24)15-13(17)3-2-4-14(15)18/h2-4,11-12,19H,5-10H2,1H3. The van der Waals surface area contributed by atoms with E-state index in [0.717, 1.165) is 35.6 Å². The summed E-state index contributed by atoms with van der Waals surface area (Å²) in [5.74, 6) is -2.02. The van der Waals surface area contributed by atoms with Crippen molar-refractivity contribution in [2.24, 2.45) is 11.8 Å². The topological polar surface area (TPSA) is 69.7 Å². The number of hydrogen-bond donors (Lipinski definition) is 1. The van der Waals surface area contributed by atoms with Crippen molar-refractivity contribution in [1.82, 2.24) is 14.5 Å². The van der Waals surface area contributed by atoms with Gasteiger partial charge in [-0.2, -0.15) is 4.31 Å². The van der Waals surface area contributed by atoms with Gasteiger partial charge in [-0.3, -0.25) is 4.79 Å². The third-order valence-corrected chi connectivity index (χ3v) is 6.93. The summed E-state index contributed by atoms with van der Waals surface area (Å²) in [6.45, 7) is 4.00. The molecule has 6 nitrogen and oxygen atoms in total. The monoisotopic (exact) mass is 373 g/mol. The molecule has 0 aliphatic carbocycles. The summed E-state index contributed by atoms with van der Waals surface area (Å²) in [6, 6.07) is 2.96. The highest BCUT2D eigenvalue weighted by Crippen LogP contribution is 2.25. The van der Waals surface area contributed by atoms with Crippen LogP contribution in [0.5, 0.6) is 0 Å². The molecule has 2 aliphatic heterocycles. The molecule has 1 aromatic rings. The molecule has 0 saturated carbocycles. The van der Waals surface area contributed by atoms with E-state index in [2.05, 4.69) is 5.32 Å². The van der Waals surface area contributed by atoms with Gasteiger partial charge in [0, 0.05) is 32.1 Å². The summed E-state index contributed by atoms with van der Waals surface area (Å²) < 4.78 is 53.8. The van der Waals surface area contributed by atoms with Gasteiger partial charge < -0.3 is 10.2 Å². The van der Waals surface area contributed by atoms with E-state index in [4.69, 9.17) is 0 Å². The maximum Gasteiger partial charge on any atom is 0.249 e. The highest BCUT2D eigenvalue weighted by atomic mass is 32.2. The minimum absolute atomic E-state index is 0.000574. The molecular weight excluding hydrogens is 352 g/mol. The van der Waals surface area contributed by atoms with Crippen LogP contribution < -0.4 is 5.32 Å². The van der Waals surface area contributed by atoms with Gasteiger partial charge in [-0.05, 0) is 31.1 Å². The summed E-state index contributed by atoms with van der Waals surface area (Å²) in [6.07, 6.45) is 0. The van der Waals surface area contributed by atoms with Gasteiger partial charge in [-0.1, -0.05) is 13.0 Å². The molecule has 1 N–H and O–H groups in total. The minimum Gasteiger partial charge on any atom is -0.340 e. The number of rotatable bonds is 4. The van der Waals surface area contributed by atoms with Gasteiger partial charge in [-0.15, -0.1) is 0 Å². The lowest BCUT2D eigenvalue weighted by Crippen LogP contribution is -2.55. The Bertz CT molecular complexity index is 740. The van der Waals surface area contributed by atoms with E-state index in [1.54, 1.807) is 4.90 Å². The largest absolute Gasteiger partial charge is 0.340 e. The van der Waals surface area contributed by atoms with Crippen LogP contribution in [0.4, 0.5) is 8.78 Å². The summed E-state index contributed by atoms with van der Waals surface area (Å²) in [7, 11) is -4.27. The fourth-order valence-corrected chi connectivity index (χ4v) is 4.69. The molecule has 0 bridgehead atoms. The maximum absolute atomic E-state index is 13.8. The molecule has 9 heteroatoms. The zero-order valence-corrected chi connectivity index (χ0v) is 14.7. The van der Waals surface area contributed by atoms with Gasteiger partial charge in [0.25, 0.3) is 0 Å². The predicted octanol–water partition coefficient (Wildman–Crippen LogP) is 0.653. The number of hydrogen-bond acceptors (Lipinski definition) is 4. The van der Waals surface area contributed by atoms with E-state index in [-0.39, 0.29) is 38.0 Å². The molecule has 1 aromatic carbocycles. The van der Waals surface area contributed by atoms with Crippen molar-refractivity contribution in [2.75, 3.05) is 39.3 Å². The Hall–Kier alpha value is -1.58. The van der Waals surface area contributed by atoms with Gasteiger partial charge in [-0.25, -0.2) is 17.2 Å². The second-order valence-electron chi connectivity index (χ2n) is 6.49. The number of halogens is 2. The number of sulfonamides is 1. The molecule has 3 rings (SSSR count). The van der Waals surface area contributed by atoms with E-state index < -0.39 is 26.6 Å². The molecule has 2 saturated heterocycles. The lowest BCUT2D eigenvalue weighted by atomic mass is 9.88. The third-order valence-electron chi connectivity index (χ3n) is 4.98. The first-order valence-electron chi connectivity index (χ1n) is 8.26. The third kappa shape index (κ3) is 3.40. The lowest BCUT2D eigenvalue weighted by Gasteiger charge is -2.38. The summed E-state index contributed by atoms with van der Waals surface area (Å²) in [5.41, 5.74) is 0. The Labute approximate surface area is 145 Å². The van der Waals surface area contributed by atoms with Gasteiger partial charge in [0.1, 0.15) is 11.6 Å². The molecule has 0 aromatic heterocycles. The van der Waals surface area contributed by atoms with E-state index in [9.17, 15) is 22.0 Å². The van der Waals surface area contributed by atoms with E-state index in [1.807, 2.05) is 6.92 Å². The zero-order chi connectivity index (χ0) is 18.2. The van der Waals surface area contributed by atoms with Gasteiger partial charge in [0.15, 0.2) is 4.90 Å². The number of nitrogens with one attached hydrogen (secondary N) is 1. The van der Waals surface area contributed by atoms with Gasteiger partial charge >= 0.3 is 0 Å². The number of nitrogens with zero attached hydrogens (tertiary/aromatic N) is 2. The van der Waals surface area contributed by atoms with E-state index in [0.29, 0.717) is 5.92 Å².